The Hall–Kier alpha value is -3.09. The highest BCUT2D eigenvalue weighted by atomic mass is 16.3. The van der Waals surface area contributed by atoms with Crippen LogP contribution in [0.3, 0.4) is 0 Å². The summed E-state index contributed by atoms with van der Waals surface area (Å²) in [6.45, 7) is 4.93. The number of nitrogens with one attached hydrogen (secondary N) is 3. The molecule has 0 amide bonds. The maximum atomic E-state index is 5.30. The van der Waals surface area contributed by atoms with E-state index in [4.69, 9.17) is 4.42 Å². The predicted octanol–water partition coefficient (Wildman–Crippen LogP) is 2.84. The molecule has 0 radical (unpaired) electrons. The molecule has 3 aromatic rings. The number of nitrogens with zero attached hydrogens (tertiary/aromatic N) is 3. The molecule has 0 aliphatic carbocycles. The summed E-state index contributed by atoms with van der Waals surface area (Å²) in [7, 11) is 1.77. The van der Waals surface area contributed by atoms with Gasteiger partial charge in [-0.15, -0.1) is 0 Å². The van der Waals surface area contributed by atoms with Gasteiger partial charge < -0.3 is 15.1 Å². The topological polar surface area (TPSA) is 91.1 Å². The maximum Gasteiger partial charge on any atom is 0.216 e. The van der Waals surface area contributed by atoms with Crippen molar-refractivity contribution < 1.29 is 4.42 Å². The van der Waals surface area contributed by atoms with Crippen LogP contribution in [0.15, 0.2) is 52.1 Å². The van der Waals surface area contributed by atoms with Gasteiger partial charge >= 0.3 is 0 Å². The molecule has 3 rings (SSSR count). The Kier molecular flexibility index (Phi) is 5.68. The number of furan rings is 1. The van der Waals surface area contributed by atoms with E-state index >= 15 is 0 Å². The van der Waals surface area contributed by atoms with Gasteiger partial charge in [0.05, 0.1) is 12.3 Å². The van der Waals surface area contributed by atoms with Crippen LogP contribution in [0.2, 0.25) is 0 Å². The highest BCUT2D eigenvalue weighted by Crippen LogP contribution is 2.16. The summed E-state index contributed by atoms with van der Waals surface area (Å²) >= 11 is 0. The molecule has 0 spiro atoms. The molecule has 0 bridgehead atoms. The summed E-state index contributed by atoms with van der Waals surface area (Å²) in [4.78, 5) is 8.73. The van der Waals surface area contributed by atoms with Crippen molar-refractivity contribution >= 4 is 5.96 Å². The van der Waals surface area contributed by atoms with Gasteiger partial charge in [0.2, 0.25) is 5.82 Å². The number of aromatic amines is 1. The van der Waals surface area contributed by atoms with Crippen LogP contribution in [0.25, 0.3) is 11.6 Å². The van der Waals surface area contributed by atoms with Gasteiger partial charge in [-0.1, -0.05) is 24.3 Å². The minimum absolute atomic E-state index is 0.165. The molecule has 2 heterocycles. The van der Waals surface area contributed by atoms with Gasteiger partial charge in [0.25, 0.3) is 0 Å². The summed E-state index contributed by atoms with van der Waals surface area (Å²) in [5.74, 6) is 2.78. The second kappa shape index (κ2) is 8.33. The Morgan fingerprint density at radius 1 is 1.27 bits per heavy atom. The van der Waals surface area contributed by atoms with Gasteiger partial charge in [0, 0.05) is 20.0 Å². The van der Waals surface area contributed by atoms with Crippen LogP contribution in [0.5, 0.6) is 0 Å². The molecule has 2 aromatic heterocycles. The van der Waals surface area contributed by atoms with Crippen LogP contribution >= 0.6 is 0 Å². The third kappa shape index (κ3) is 4.30. The first-order chi connectivity index (χ1) is 12.7. The number of aliphatic imine (C=N–C) groups is 1. The zero-order valence-electron chi connectivity index (χ0n) is 15.3. The second-order valence-corrected chi connectivity index (χ2v) is 6.05. The molecule has 3 N–H and O–H groups in total. The summed E-state index contributed by atoms with van der Waals surface area (Å²) < 4.78 is 5.30. The van der Waals surface area contributed by atoms with E-state index in [1.807, 2.05) is 18.2 Å². The standard InChI is InChI=1S/C19H24N6O/c1-13-7-4-5-8-15(13)14(2)22-19(20-3)21-11-10-17-23-18(25-24-17)16-9-6-12-26-16/h4-9,12,14H,10-11H2,1-3H3,(H2,20,21,22)(H,23,24,25). The smallest absolute Gasteiger partial charge is 0.216 e. The maximum absolute atomic E-state index is 5.30. The van der Waals surface area contributed by atoms with Gasteiger partial charge in [-0.2, -0.15) is 5.10 Å². The van der Waals surface area contributed by atoms with E-state index in [2.05, 4.69) is 62.9 Å². The van der Waals surface area contributed by atoms with E-state index in [9.17, 15) is 0 Å². The number of rotatable bonds is 6. The van der Waals surface area contributed by atoms with Crippen molar-refractivity contribution in [3.05, 3.63) is 59.6 Å². The van der Waals surface area contributed by atoms with Crippen LogP contribution in [0.4, 0.5) is 0 Å². The fraction of sp³-hybridized carbons (Fsp3) is 0.316. The molecule has 0 saturated heterocycles. The van der Waals surface area contributed by atoms with Gasteiger partial charge in [0.1, 0.15) is 5.82 Å². The minimum atomic E-state index is 0.165. The molecular weight excluding hydrogens is 328 g/mol. The quantitative estimate of drug-likeness (QED) is 0.469. The zero-order valence-corrected chi connectivity index (χ0v) is 15.3. The first-order valence-electron chi connectivity index (χ1n) is 8.65. The van der Waals surface area contributed by atoms with Crippen LogP contribution in [-0.4, -0.2) is 34.7 Å². The predicted molar refractivity (Wildman–Crippen MR) is 102 cm³/mol. The molecular formula is C19H24N6O. The summed E-state index contributed by atoms with van der Waals surface area (Å²) in [6, 6.07) is 12.2. The number of hydrogen-bond donors (Lipinski definition) is 3. The SMILES string of the molecule is CN=C(NCCc1nc(-c2ccco2)n[nH]1)NC(C)c1ccccc1C. The van der Waals surface area contributed by atoms with Crippen molar-refractivity contribution in [2.45, 2.75) is 26.3 Å². The lowest BCUT2D eigenvalue weighted by Crippen LogP contribution is -2.39. The lowest BCUT2D eigenvalue weighted by Gasteiger charge is -2.19. The largest absolute Gasteiger partial charge is 0.461 e. The average molecular weight is 352 g/mol. The number of guanidine groups is 1. The van der Waals surface area contributed by atoms with Gasteiger partial charge in [-0.3, -0.25) is 10.1 Å². The molecule has 7 heteroatoms. The molecule has 7 nitrogen and oxygen atoms in total. The Balaban J connectivity index is 1.51. The summed E-state index contributed by atoms with van der Waals surface area (Å²) in [5, 5.41) is 13.8. The van der Waals surface area contributed by atoms with E-state index < -0.39 is 0 Å². The third-order valence-corrected chi connectivity index (χ3v) is 4.16. The molecule has 0 aliphatic rings. The normalized spacial score (nSPS) is 12.8. The molecule has 26 heavy (non-hydrogen) atoms. The molecule has 0 aliphatic heterocycles. The van der Waals surface area contributed by atoms with E-state index in [1.54, 1.807) is 13.3 Å². The van der Waals surface area contributed by atoms with Crippen molar-refractivity contribution in [2.24, 2.45) is 4.99 Å². The van der Waals surface area contributed by atoms with Crippen LogP contribution < -0.4 is 10.6 Å². The summed E-state index contributed by atoms with van der Waals surface area (Å²) in [6.07, 6.45) is 2.31. The van der Waals surface area contributed by atoms with Crippen molar-refractivity contribution in [3.8, 4) is 11.6 Å². The molecule has 1 unspecified atom stereocenters. The Bertz CT molecular complexity index is 853. The Morgan fingerprint density at radius 3 is 2.85 bits per heavy atom. The third-order valence-electron chi connectivity index (χ3n) is 4.16. The molecule has 0 saturated carbocycles. The van der Waals surface area contributed by atoms with Crippen LogP contribution in [0, 0.1) is 6.92 Å². The van der Waals surface area contributed by atoms with Crippen LogP contribution in [-0.2, 0) is 6.42 Å². The molecule has 1 atom stereocenters. The zero-order chi connectivity index (χ0) is 18.4. The van der Waals surface area contributed by atoms with Gasteiger partial charge in [-0.25, -0.2) is 4.98 Å². The Morgan fingerprint density at radius 2 is 2.12 bits per heavy atom. The molecule has 136 valence electrons. The number of benzene rings is 1. The second-order valence-electron chi connectivity index (χ2n) is 6.05. The van der Waals surface area contributed by atoms with Crippen molar-refractivity contribution in [2.75, 3.05) is 13.6 Å². The van der Waals surface area contributed by atoms with Gasteiger partial charge in [0.15, 0.2) is 11.7 Å². The number of aromatic nitrogens is 3. The lowest BCUT2D eigenvalue weighted by atomic mass is 10.0. The number of aryl methyl sites for hydroxylation is 1. The minimum Gasteiger partial charge on any atom is -0.461 e. The Labute approximate surface area is 153 Å². The first kappa shape index (κ1) is 17.7. The average Bonchev–Trinajstić information content (AvgIpc) is 3.32. The fourth-order valence-corrected chi connectivity index (χ4v) is 2.77. The monoisotopic (exact) mass is 352 g/mol. The van der Waals surface area contributed by atoms with Gasteiger partial charge in [-0.05, 0) is 37.1 Å². The number of hydrogen-bond acceptors (Lipinski definition) is 4. The summed E-state index contributed by atoms with van der Waals surface area (Å²) in [5.41, 5.74) is 2.52. The highest BCUT2D eigenvalue weighted by molar-refractivity contribution is 5.80. The highest BCUT2D eigenvalue weighted by Gasteiger charge is 2.11. The van der Waals surface area contributed by atoms with E-state index in [1.165, 1.54) is 11.1 Å². The van der Waals surface area contributed by atoms with E-state index in [-0.39, 0.29) is 6.04 Å². The first-order valence-corrected chi connectivity index (χ1v) is 8.65. The fourth-order valence-electron chi connectivity index (χ4n) is 2.77. The van der Waals surface area contributed by atoms with Crippen LogP contribution in [0.1, 0.15) is 29.9 Å². The number of H-pyrrole nitrogens is 1. The molecule has 1 aromatic carbocycles. The van der Waals surface area contributed by atoms with Crippen molar-refractivity contribution in [1.82, 2.24) is 25.8 Å². The van der Waals surface area contributed by atoms with Crippen molar-refractivity contribution in [1.29, 1.82) is 0 Å². The van der Waals surface area contributed by atoms with Crippen molar-refractivity contribution in [3.63, 3.8) is 0 Å². The molecule has 0 fully saturated rings. The lowest BCUT2D eigenvalue weighted by molar-refractivity contribution is 0.577. The van der Waals surface area contributed by atoms with E-state index in [0.717, 1.165) is 11.8 Å². The van der Waals surface area contributed by atoms with E-state index in [0.29, 0.717) is 24.6 Å².